The SMILES string of the molecule is CCCc1c(C)cc(C(CNC=O)C2CC2)nc1-c1ccc(F)cc1. The van der Waals surface area contributed by atoms with Crippen LogP contribution in [0.3, 0.4) is 0 Å². The van der Waals surface area contributed by atoms with Gasteiger partial charge in [0.2, 0.25) is 6.41 Å². The van der Waals surface area contributed by atoms with Gasteiger partial charge in [-0.2, -0.15) is 0 Å². The van der Waals surface area contributed by atoms with E-state index >= 15 is 0 Å². The molecule has 132 valence electrons. The van der Waals surface area contributed by atoms with Gasteiger partial charge in [-0.15, -0.1) is 0 Å². The number of nitrogens with zero attached hydrogens (tertiary/aromatic N) is 1. The molecule has 3 rings (SSSR count). The fourth-order valence-electron chi connectivity index (χ4n) is 3.51. The summed E-state index contributed by atoms with van der Waals surface area (Å²) in [5, 5.41) is 2.82. The van der Waals surface area contributed by atoms with Crippen LogP contribution in [0.2, 0.25) is 0 Å². The summed E-state index contributed by atoms with van der Waals surface area (Å²) in [5.74, 6) is 0.607. The van der Waals surface area contributed by atoms with Crippen molar-refractivity contribution in [3.05, 3.63) is 53.0 Å². The van der Waals surface area contributed by atoms with Crippen LogP contribution in [-0.4, -0.2) is 17.9 Å². The second-order valence-electron chi connectivity index (χ2n) is 6.92. The smallest absolute Gasteiger partial charge is 0.207 e. The largest absolute Gasteiger partial charge is 0.358 e. The van der Waals surface area contributed by atoms with Crippen LogP contribution in [0.1, 0.15) is 48.9 Å². The third kappa shape index (κ3) is 4.06. The average Bonchev–Trinajstić information content (AvgIpc) is 3.43. The highest BCUT2D eigenvalue weighted by atomic mass is 19.1. The summed E-state index contributed by atoms with van der Waals surface area (Å²) >= 11 is 0. The minimum Gasteiger partial charge on any atom is -0.358 e. The number of hydrogen-bond acceptors (Lipinski definition) is 2. The lowest BCUT2D eigenvalue weighted by Gasteiger charge is -2.20. The Balaban J connectivity index is 2.05. The van der Waals surface area contributed by atoms with Gasteiger partial charge in [-0.1, -0.05) is 13.3 Å². The van der Waals surface area contributed by atoms with Crippen LogP contribution in [-0.2, 0) is 11.2 Å². The number of halogens is 1. The molecular formula is C21H25FN2O. The Morgan fingerprint density at radius 2 is 2.04 bits per heavy atom. The van der Waals surface area contributed by atoms with Crippen molar-refractivity contribution in [2.75, 3.05) is 6.54 Å². The van der Waals surface area contributed by atoms with Gasteiger partial charge in [-0.25, -0.2) is 4.39 Å². The quantitative estimate of drug-likeness (QED) is 0.724. The van der Waals surface area contributed by atoms with Gasteiger partial charge < -0.3 is 5.32 Å². The zero-order valence-corrected chi connectivity index (χ0v) is 14.9. The maximum atomic E-state index is 13.3. The summed E-state index contributed by atoms with van der Waals surface area (Å²) in [4.78, 5) is 15.7. The second kappa shape index (κ2) is 7.77. The third-order valence-electron chi connectivity index (χ3n) is 4.98. The Morgan fingerprint density at radius 3 is 2.64 bits per heavy atom. The maximum Gasteiger partial charge on any atom is 0.207 e. The van der Waals surface area contributed by atoms with Crippen LogP contribution < -0.4 is 5.32 Å². The number of pyridine rings is 1. The molecule has 0 bridgehead atoms. The van der Waals surface area contributed by atoms with E-state index in [1.807, 2.05) is 0 Å². The summed E-state index contributed by atoms with van der Waals surface area (Å²) in [7, 11) is 0. The molecule has 0 spiro atoms. The van der Waals surface area contributed by atoms with E-state index in [-0.39, 0.29) is 11.7 Å². The molecule has 1 heterocycles. The maximum absolute atomic E-state index is 13.3. The molecular weight excluding hydrogens is 315 g/mol. The van der Waals surface area contributed by atoms with Crippen molar-refractivity contribution in [2.24, 2.45) is 5.92 Å². The second-order valence-corrected chi connectivity index (χ2v) is 6.92. The Hall–Kier alpha value is -2.23. The van der Waals surface area contributed by atoms with Gasteiger partial charge in [0.15, 0.2) is 0 Å². The van der Waals surface area contributed by atoms with Crippen LogP contribution in [0, 0.1) is 18.7 Å². The molecule has 25 heavy (non-hydrogen) atoms. The molecule has 0 radical (unpaired) electrons. The molecule has 1 N–H and O–H groups in total. The van der Waals surface area contributed by atoms with Gasteiger partial charge in [0, 0.05) is 23.7 Å². The van der Waals surface area contributed by atoms with Crippen molar-refractivity contribution >= 4 is 6.41 Å². The number of rotatable bonds is 8. The van der Waals surface area contributed by atoms with E-state index in [0.717, 1.165) is 36.2 Å². The van der Waals surface area contributed by atoms with Crippen LogP contribution in [0.25, 0.3) is 11.3 Å². The third-order valence-corrected chi connectivity index (χ3v) is 4.98. The lowest BCUT2D eigenvalue weighted by atomic mass is 9.92. The van der Waals surface area contributed by atoms with E-state index in [1.165, 1.54) is 36.1 Å². The van der Waals surface area contributed by atoms with Crippen molar-refractivity contribution < 1.29 is 9.18 Å². The van der Waals surface area contributed by atoms with Gasteiger partial charge in [0.25, 0.3) is 0 Å². The molecule has 1 aromatic carbocycles. The molecule has 4 heteroatoms. The first kappa shape index (κ1) is 17.6. The van der Waals surface area contributed by atoms with Gasteiger partial charge in [0.05, 0.1) is 5.69 Å². The minimum absolute atomic E-state index is 0.236. The lowest BCUT2D eigenvalue weighted by molar-refractivity contribution is -0.109. The lowest BCUT2D eigenvalue weighted by Crippen LogP contribution is -2.22. The first-order valence-corrected chi connectivity index (χ1v) is 9.07. The summed E-state index contributed by atoms with van der Waals surface area (Å²) in [6.45, 7) is 4.90. The summed E-state index contributed by atoms with van der Waals surface area (Å²) in [6.07, 6.45) is 5.12. The molecule has 1 unspecified atom stereocenters. The number of carbonyl (C=O) groups excluding carboxylic acids is 1. The van der Waals surface area contributed by atoms with Gasteiger partial charge in [0.1, 0.15) is 5.82 Å². The van der Waals surface area contributed by atoms with E-state index in [2.05, 4.69) is 25.2 Å². The molecule has 1 saturated carbocycles. The number of aryl methyl sites for hydroxylation is 1. The van der Waals surface area contributed by atoms with E-state index in [9.17, 15) is 9.18 Å². The van der Waals surface area contributed by atoms with Crippen LogP contribution in [0.4, 0.5) is 4.39 Å². The van der Waals surface area contributed by atoms with Crippen molar-refractivity contribution in [3.63, 3.8) is 0 Å². The number of aromatic nitrogens is 1. The number of hydrogen-bond donors (Lipinski definition) is 1. The van der Waals surface area contributed by atoms with Crippen LogP contribution >= 0.6 is 0 Å². The van der Waals surface area contributed by atoms with Crippen molar-refractivity contribution in [2.45, 2.75) is 45.4 Å². The van der Waals surface area contributed by atoms with Gasteiger partial charge >= 0.3 is 0 Å². The van der Waals surface area contributed by atoms with Gasteiger partial charge in [-0.05, 0) is 73.6 Å². The molecule has 1 aliphatic rings. The first-order chi connectivity index (χ1) is 12.1. The number of carbonyl (C=O) groups is 1. The molecule has 1 aromatic heterocycles. The Labute approximate surface area is 148 Å². The van der Waals surface area contributed by atoms with Crippen LogP contribution in [0.5, 0.6) is 0 Å². The predicted molar refractivity (Wildman–Crippen MR) is 97.9 cm³/mol. The minimum atomic E-state index is -0.236. The molecule has 1 atom stereocenters. The zero-order chi connectivity index (χ0) is 17.8. The predicted octanol–water partition coefficient (Wildman–Crippen LogP) is 4.39. The monoisotopic (exact) mass is 340 g/mol. The Bertz CT molecular complexity index is 738. The highest BCUT2D eigenvalue weighted by Gasteiger charge is 2.33. The number of nitrogens with one attached hydrogen (secondary N) is 1. The highest BCUT2D eigenvalue weighted by molar-refractivity contribution is 5.65. The summed E-state index contributed by atoms with van der Waals surface area (Å²) in [5.41, 5.74) is 5.40. The average molecular weight is 340 g/mol. The van der Waals surface area contributed by atoms with E-state index in [0.29, 0.717) is 12.5 Å². The van der Waals surface area contributed by atoms with Crippen molar-refractivity contribution in [1.29, 1.82) is 0 Å². The topological polar surface area (TPSA) is 42.0 Å². The first-order valence-electron chi connectivity index (χ1n) is 9.07. The van der Waals surface area contributed by atoms with Gasteiger partial charge in [-0.3, -0.25) is 9.78 Å². The molecule has 0 aliphatic heterocycles. The van der Waals surface area contributed by atoms with E-state index in [1.54, 1.807) is 12.1 Å². The molecule has 3 nitrogen and oxygen atoms in total. The highest BCUT2D eigenvalue weighted by Crippen LogP contribution is 2.42. The summed E-state index contributed by atoms with van der Waals surface area (Å²) < 4.78 is 13.3. The molecule has 1 fully saturated rings. The zero-order valence-electron chi connectivity index (χ0n) is 14.9. The van der Waals surface area contributed by atoms with E-state index < -0.39 is 0 Å². The fraction of sp³-hybridized carbons (Fsp3) is 0.429. The Kier molecular flexibility index (Phi) is 5.47. The van der Waals surface area contributed by atoms with E-state index in [4.69, 9.17) is 4.98 Å². The Morgan fingerprint density at radius 1 is 1.32 bits per heavy atom. The normalized spacial score (nSPS) is 15.0. The molecule has 0 saturated heterocycles. The van der Waals surface area contributed by atoms with Crippen LogP contribution in [0.15, 0.2) is 30.3 Å². The number of benzene rings is 1. The van der Waals surface area contributed by atoms with Crippen molar-refractivity contribution in [3.8, 4) is 11.3 Å². The van der Waals surface area contributed by atoms with Crippen molar-refractivity contribution in [1.82, 2.24) is 10.3 Å². The fourth-order valence-corrected chi connectivity index (χ4v) is 3.51. The molecule has 1 amide bonds. The molecule has 2 aromatic rings. The summed E-state index contributed by atoms with van der Waals surface area (Å²) in [6, 6.07) is 8.75. The molecule has 1 aliphatic carbocycles. The standard InChI is InChI=1S/C21H25FN2O/c1-3-4-18-14(2)11-20(19(12-23-13-25)15-5-6-15)24-21(18)16-7-9-17(22)10-8-16/h7-11,13,15,19H,3-6,12H2,1-2H3,(H,23,25). The number of amides is 1.